The van der Waals surface area contributed by atoms with Gasteiger partial charge in [0.25, 0.3) is 0 Å². The van der Waals surface area contributed by atoms with Crippen LogP contribution in [0.4, 0.5) is 13.2 Å². The monoisotopic (exact) mass is 286 g/mol. The van der Waals surface area contributed by atoms with Crippen LogP contribution in [0.1, 0.15) is 16.2 Å². The molecule has 1 aliphatic rings. The van der Waals surface area contributed by atoms with E-state index in [9.17, 15) is 13.2 Å². The third-order valence-corrected chi connectivity index (χ3v) is 3.74. The van der Waals surface area contributed by atoms with E-state index < -0.39 is 11.1 Å². The fraction of sp³-hybridized carbons (Fsp3) is 0.600. The lowest BCUT2D eigenvalue weighted by Crippen LogP contribution is -2.25. The van der Waals surface area contributed by atoms with E-state index in [1.807, 2.05) is 0 Å². The van der Waals surface area contributed by atoms with Gasteiger partial charge in [-0.2, -0.15) is 13.2 Å². The van der Waals surface area contributed by atoms with Crippen molar-refractivity contribution >= 4 is 23.7 Å². The molecule has 0 aromatic carbocycles. The Morgan fingerprint density at radius 3 is 2.59 bits per heavy atom. The fourth-order valence-electron chi connectivity index (χ4n) is 1.84. The van der Waals surface area contributed by atoms with E-state index in [0.717, 1.165) is 41.8 Å². The lowest BCUT2D eigenvalue weighted by molar-refractivity contribution is -0.134. The van der Waals surface area contributed by atoms with Crippen molar-refractivity contribution in [3.8, 4) is 0 Å². The molecule has 0 aliphatic carbocycles. The summed E-state index contributed by atoms with van der Waals surface area (Å²) in [6.45, 7) is 2.23. The van der Waals surface area contributed by atoms with Crippen molar-refractivity contribution in [2.24, 2.45) is 5.73 Å². The topological polar surface area (TPSA) is 29.3 Å². The Balaban J connectivity index is 0.00000144. The van der Waals surface area contributed by atoms with E-state index in [-0.39, 0.29) is 18.4 Å². The molecule has 1 fully saturated rings. The highest BCUT2D eigenvalue weighted by Gasteiger charge is 2.32. The zero-order valence-electron chi connectivity index (χ0n) is 9.04. The molecular formula is C10H14ClF3N2S. The maximum atomic E-state index is 12.4. The van der Waals surface area contributed by atoms with E-state index >= 15 is 0 Å². The number of nitrogens with zero attached hydrogens (tertiary/aromatic N) is 1. The van der Waals surface area contributed by atoms with Gasteiger partial charge in [-0.1, -0.05) is 0 Å². The third kappa shape index (κ3) is 3.84. The molecule has 0 radical (unpaired) electrons. The van der Waals surface area contributed by atoms with Gasteiger partial charge in [0.1, 0.15) is 4.88 Å². The normalized spacial score (nSPS) is 21.5. The summed E-state index contributed by atoms with van der Waals surface area (Å²) in [6, 6.07) is 2.87. The molecule has 7 heteroatoms. The molecule has 1 aromatic rings. The van der Waals surface area contributed by atoms with Crippen molar-refractivity contribution in [1.82, 2.24) is 4.90 Å². The van der Waals surface area contributed by atoms with Crippen molar-refractivity contribution in [1.29, 1.82) is 0 Å². The second-order valence-electron chi connectivity index (χ2n) is 4.05. The average Bonchev–Trinajstić information content (AvgIpc) is 2.74. The SMILES string of the molecule is Cl.N[C@@H]1CCN(Cc2ccc(C(F)(F)F)s2)C1. The maximum absolute atomic E-state index is 12.4. The van der Waals surface area contributed by atoms with Gasteiger partial charge in [-0.15, -0.1) is 23.7 Å². The molecule has 0 unspecified atom stereocenters. The highest BCUT2D eigenvalue weighted by Crippen LogP contribution is 2.35. The molecule has 1 aliphatic heterocycles. The van der Waals surface area contributed by atoms with Crippen molar-refractivity contribution in [2.45, 2.75) is 25.2 Å². The summed E-state index contributed by atoms with van der Waals surface area (Å²) >= 11 is 0.820. The molecule has 17 heavy (non-hydrogen) atoms. The van der Waals surface area contributed by atoms with E-state index in [2.05, 4.69) is 4.90 Å². The number of likely N-dealkylation sites (tertiary alicyclic amines) is 1. The Kier molecular flexibility index (Phi) is 4.83. The first-order chi connectivity index (χ1) is 7.45. The van der Waals surface area contributed by atoms with Crippen LogP contribution in [0.25, 0.3) is 0 Å². The smallest absolute Gasteiger partial charge is 0.326 e. The predicted octanol–water partition coefficient (Wildman–Crippen LogP) is 2.72. The first-order valence-electron chi connectivity index (χ1n) is 5.09. The van der Waals surface area contributed by atoms with Gasteiger partial charge in [0.15, 0.2) is 0 Å². The van der Waals surface area contributed by atoms with Crippen LogP contribution < -0.4 is 5.73 Å². The Morgan fingerprint density at radius 2 is 2.12 bits per heavy atom. The van der Waals surface area contributed by atoms with Gasteiger partial charge in [0.2, 0.25) is 0 Å². The van der Waals surface area contributed by atoms with Crippen LogP contribution in [0.5, 0.6) is 0 Å². The Bertz CT molecular complexity index is 367. The van der Waals surface area contributed by atoms with Gasteiger partial charge in [-0.25, -0.2) is 0 Å². The predicted molar refractivity (Wildman–Crippen MR) is 64.4 cm³/mol. The standard InChI is InChI=1S/C10H13F3N2S.ClH/c11-10(12,13)9-2-1-8(16-9)6-15-4-3-7(14)5-15;/h1-2,7H,3-6,14H2;1H/t7-;/m1./s1. The van der Waals surface area contributed by atoms with Crippen LogP contribution in [0.15, 0.2) is 12.1 Å². The van der Waals surface area contributed by atoms with Gasteiger partial charge in [0.05, 0.1) is 0 Å². The van der Waals surface area contributed by atoms with Crippen LogP contribution in [0, 0.1) is 0 Å². The zero-order valence-corrected chi connectivity index (χ0v) is 10.7. The molecular weight excluding hydrogens is 273 g/mol. The largest absolute Gasteiger partial charge is 0.425 e. The zero-order chi connectivity index (χ0) is 11.8. The van der Waals surface area contributed by atoms with Gasteiger partial charge >= 0.3 is 6.18 Å². The van der Waals surface area contributed by atoms with Crippen LogP contribution in [0.2, 0.25) is 0 Å². The van der Waals surface area contributed by atoms with E-state index in [1.54, 1.807) is 6.07 Å². The van der Waals surface area contributed by atoms with E-state index in [4.69, 9.17) is 5.73 Å². The maximum Gasteiger partial charge on any atom is 0.425 e. The van der Waals surface area contributed by atoms with E-state index in [1.165, 1.54) is 0 Å². The molecule has 2 rings (SSSR count). The minimum Gasteiger partial charge on any atom is -0.326 e. The van der Waals surface area contributed by atoms with Crippen LogP contribution >= 0.6 is 23.7 Å². The van der Waals surface area contributed by atoms with Gasteiger partial charge < -0.3 is 5.73 Å². The minimum atomic E-state index is -4.22. The summed E-state index contributed by atoms with van der Waals surface area (Å²) in [5, 5.41) is 0. The number of hydrogen-bond acceptors (Lipinski definition) is 3. The molecule has 0 saturated carbocycles. The molecule has 0 spiro atoms. The summed E-state index contributed by atoms with van der Waals surface area (Å²) in [4.78, 5) is 2.32. The molecule has 1 saturated heterocycles. The molecule has 1 atom stereocenters. The summed E-state index contributed by atoms with van der Waals surface area (Å²) < 4.78 is 37.1. The molecule has 1 aromatic heterocycles. The lowest BCUT2D eigenvalue weighted by atomic mass is 10.3. The second-order valence-corrected chi connectivity index (χ2v) is 5.22. The molecule has 0 amide bonds. The lowest BCUT2D eigenvalue weighted by Gasteiger charge is -2.13. The summed E-state index contributed by atoms with van der Waals surface area (Å²) in [6.07, 6.45) is -3.29. The summed E-state index contributed by atoms with van der Waals surface area (Å²) in [5.74, 6) is 0. The van der Waals surface area contributed by atoms with Crippen molar-refractivity contribution in [2.75, 3.05) is 13.1 Å². The third-order valence-electron chi connectivity index (χ3n) is 2.63. The van der Waals surface area contributed by atoms with E-state index in [0.29, 0.717) is 6.54 Å². The molecule has 0 bridgehead atoms. The Hall–Kier alpha value is -0.300. The van der Waals surface area contributed by atoms with Crippen LogP contribution in [0.3, 0.4) is 0 Å². The van der Waals surface area contributed by atoms with Gasteiger partial charge in [0, 0.05) is 30.6 Å². The number of rotatable bonds is 2. The number of hydrogen-bond donors (Lipinski definition) is 1. The summed E-state index contributed by atoms with van der Waals surface area (Å²) in [7, 11) is 0. The molecule has 98 valence electrons. The van der Waals surface area contributed by atoms with Gasteiger partial charge in [-0.05, 0) is 18.6 Å². The Morgan fingerprint density at radius 1 is 1.41 bits per heavy atom. The number of halogens is 4. The second kappa shape index (κ2) is 5.56. The minimum absolute atomic E-state index is 0. The van der Waals surface area contributed by atoms with Crippen LogP contribution in [-0.2, 0) is 12.7 Å². The molecule has 2 nitrogen and oxygen atoms in total. The first-order valence-corrected chi connectivity index (χ1v) is 5.90. The van der Waals surface area contributed by atoms with Crippen LogP contribution in [-0.4, -0.2) is 24.0 Å². The highest BCUT2D eigenvalue weighted by molar-refractivity contribution is 7.12. The number of thiophene rings is 1. The first kappa shape index (κ1) is 14.8. The fourth-order valence-corrected chi connectivity index (χ4v) is 2.76. The average molecular weight is 287 g/mol. The van der Waals surface area contributed by atoms with Crippen molar-refractivity contribution in [3.63, 3.8) is 0 Å². The number of nitrogens with two attached hydrogens (primary N) is 1. The highest BCUT2D eigenvalue weighted by atomic mass is 35.5. The van der Waals surface area contributed by atoms with Gasteiger partial charge in [-0.3, -0.25) is 4.90 Å². The molecule has 2 heterocycles. The number of alkyl halides is 3. The van der Waals surface area contributed by atoms with Crippen molar-refractivity contribution < 1.29 is 13.2 Å². The summed E-state index contributed by atoms with van der Waals surface area (Å²) in [5.41, 5.74) is 5.73. The quantitative estimate of drug-likeness (QED) is 0.906. The molecule has 2 N–H and O–H groups in total. The van der Waals surface area contributed by atoms with Crippen molar-refractivity contribution in [3.05, 3.63) is 21.9 Å². The Labute approximate surface area is 108 Å².